The molecule has 0 aromatic heterocycles. The Hall–Kier alpha value is -1.38. The highest BCUT2D eigenvalue weighted by Crippen LogP contribution is 2.37. The number of rotatable bonds is 4. The zero-order valence-electron chi connectivity index (χ0n) is 13.3. The molecule has 0 saturated carbocycles. The lowest BCUT2D eigenvalue weighted by Gasteiger charge is -2.27. The lowest BCUT2D eigenvalue weighted by Crippen LogP contribution is -2.25. The molecule has 2 N–H and O–H groups in total. The van der Waals surface area contributed by atoms with Crippen molar-refractivity contribution in [2.45, 2.75) is 40.5 Å². The Morgan fingerprint density at radius 1 is 1.35 bits per heavy atom. The molecule has 1 heterocycles. The van der Waals surface area contributed by atoms with Gasteiger partial charge in [-0.25, -0.2) is 0 Å². The van der Waals surface area contributed by atoms with E-state index in [0.717, 1.165) is 43.5 Å². The third kappa shape index (κ3) is 3.38. The van der Waals surface area contributed by atoms with E-state index in [1.54, 1.807) is 0 Å². The van der Waals surface area contributed by atoms with Crippen molar-refractivity contribution in [3.8, 4) is 5.75 Å². The van der Waals surface area contributed by atoms with Gasteiger partial charge in [0.1, 0.15) is 5.75 Å². The van der Waals surface area contributed by atoms with Gasteiger partial charge in [0.05, 0.1) is 12.3 Å². The van der Waals surface area contributed by atoms with E-state index >= 15 is 0 Å². The Labute approximate surface area is 123 Å². The van der Waals surface area contributed by atoms with Crippen molar-refractivity contribution in [3.05, 3.63) is 18.2 Å². The van der Waals surface area contributed by atoms with E-state index in [1.807, 2.05) is 6.07 Å². The molecule has 112 valence electrons. The summed E-state index contributed by atoms with van der Waals surface area (Å²) >= 11 is 0. The molecule has 1 aromatic rings. The molecule has 1 atom stereocenters. The smallest absolute Gasteiger partial charge is 0.144 e. The molecule has 0 bridgehead atoms. The molecule has 3 heteroatoms. The molecule has 3 nitrogen and oxygen atoms in total. The average Bonchev–Trinajstić information content (AvgIpc) is 2.87. The summed E-state index contributed by atoms with van der Waals surface area (Å²) in [7, 11) is 0. The van der Waals surface area contributed by atoms with Gasteiger partial charge in [0.15, 0.2) is 0 Å². The third-order valence-corrected chi connectivity index (χ3v) is 4.24. The van der Waals surface area contributed by atoms with Crippen molar-refractivity contribution in [2.75, 3.05) is 30.3 Å². The molecule has 1 unspecified atom stereocenters. The zero-order chi connectivity index (χ0) is 14.8. The zero-order valence-corrected chi connectivity index (χ0v) is 13.3. The van der Waals surface area contributed by atoms with Crippen LogP contribution in [0.4, 0.5) is 11.4 Å². The summed E-state index contributed by atoms with van der Waals surface area (Å²) in [4.78, 5) is 2.45. The number of hydrogen-bond donors (Lipinski definition) is 1. The molecular weight excluding hydrogens is 248 g/mol. The standard InChI is InChI=1S/C17H28N2O/c1-5-10-20-16-11-14(6-7-15(16)18)19-9-8-13(12-19)17(2,3)4/h6-7,11,13H,5,8-10,12,18H2,1-4H3. The van der Waals surface area contributed by atoms with Gasteiger partial charge in [-0.3, -0.25) is 0 Å². The normalized spacial score (nSPS) is 19.4. The first-order valence-corrected chi connectivity index (χ1v) is 7.69. The average molecular weight is 276 g/mol. The van der Waals surface area contributed by atoms with E-state index in [0.29, 0.717) is 5.41 Å². The second kappa shape index (κ2) is 5.94. The van der Waals surface area contributed by atoms with Crippen LogP contribution in [0.25, 0.3) is 0 Å². The number of anilines is 2. The van der Waals surface area contributed by atoms with Crippen molar-refractivity contribution in [2.24, 2.45) is 11.3 Å². The molecule has 1 saturated heterocycles. The summed E-state index contributed by atoms with van der Waals surface area (Å²) in [6.45, 7) is 12.1. The molecule has 1 aliphatic heterocycles. The SMILES string of the molecule is CCCOc1cc(N2CCC(C(C)(C)C)C2)ccc1N. The first-order chi connectivity index (χ1) is 9.41. The third-order valence-electron chi connectivity index (χ3n) is 4.24. The van der Waals surface area contributed by atoms with Crippen LogP contribution in [0, 0.1) is 11.3 Å². The summed E-state index contributed by atoms with van der Waals surface area (Å²) in [6, 6.07) is 6.17. The molecule has 1 aromatic carbocycles. The second-order valence-electron chi connectivity index (χ2n) is 6.87. The minimum absolute atomic E-state index is 0.379. The van der Waals surface area contributed by atoms with Crippen LogP contribution in [-0.4, -0.2) is 19.7 Å². The van der Waals surface area contributed by atoms with Gasteiger partial charge < -0.3 is 15.4 Å². The molecular formula is C17H28N2O. The van der Waals surface area contributed by atoms with E-state index in [-0.39, 0.29) is 0 Å². The molecule has 0 amide bonds. The van der Waals surface area contributed by atoms with Crippen molar-refractivity contribution in [3.63, 3.8) is 0 Å². The van der Waals surface area contributed by atoms with Crippen LogP contribution in [-0.2, 0) is 0 Å². The Morgan fingerprint density at radius 3 is 2.70 bits per heavy atom. The summed E-state index contributed by atoms with van der Waals surface area (Å²) in [6.07, 6.45) is 2.26. The molecule has 0 radical (unpaired) electrons. The van der Waals surface area contributed by atoms with Crippen LogP contribution in [0.15, 0.2) is 18.2 Å². The number of nitrogens with two attached hydrogens (primary N) is 1. The Morgan fingerprint density at radius 2 is 2.10 bits per heavy atom. The highest BCUT2D eigenvalue weighted by Gasteiger charge is 2.31. The largest absolute Gasteiger partial charge is 0.491 e. The predicted octanol–water partition coefficient (Wildman–Crippen LogP) is 3.93. The van der Waals surface area contributed by atoms with Gasteiger partial charge in [-0.05, 0) is 36.3 Å². The molecule has 0 spiro atoms. The van der Waals surface area contributed by atoms with Crippen molar-refractivity contribution < 1.29 is 4.74 Å². The predicted molar refractivity (Wildman–Crippen MR) is 86.4 cm³/mol. The van der Waals surface area contributed by atoms with Crippen molar-refractivity contribution >= 4 is 11.4 Å². The molecule has 2 rings (SSSR count). The van der Waals surface area contributed by atoms with Crippen LogP contribution < -0.4 is 15.4 Å². The van der Waals surface area contributed by atoms with Crippen LogP contribution in [0.1, 0.15) is 40.5 Å². The second-order valence-corrected chi connectivity index (χ2v) is 6.87. The van der Waals surface area contributed by atoms with Crippen LogP contribution in [0.5, 0.6) is 5.75 Å². The monoisotopic (exact) mass is 276 g/mol. The van der Waals surface area contributed by atoms with E-state index < -0.39 is 0 Å². The van der Waals surface area contributed by atoms with E-state index in [2.05, 4.69) is 44.7 Å². The van der Waals surface area contributed by atoms with E-state index in [4.69, 9.17) is 10.5 Å². The molecule has 20 heavy (non-hydrogen) atoms. The van der Waals surface area contributed by atoms with Crippen LogP contribution in [0.2, 0.25) is 0 Å². The van der Waals surface area contributed by atoms with Crippen LogP contribution in [0.3, 0.4) is 0 Å². The number of nitrogens with zero attached hydrogens (tertiary/aromatic N) is 1. The fraction of sp³-hybridized carbons (Fsp3) is 0.647. The Balaban J connectivity index is 2.10. The van der Waals surface area contributed by atoms with Gasteiger partial charge >= 0.3 is 0 Å². The first-order valence-electron chi connectivity index (χ1n) is 7.69. The van der Waals surface area contributed by atoms with Crippen molar-refractivity contribution in [1.82, 2.24) is 0 Å². The van der Waals surface area contributed by atoms with Crippen LogP contribution >= 0.6 is 0 Å². The van der Waals surface area contributed by atoms with Gasteiger partial charge in [0.2, 0.25) is 0 Å². The van der Waals surface area contributed by atoms with E-state index in [9.17, 15) is 0 Å². The first kappa shape index (κ1) is 15.0. The topological polar surface area (TPSA) is 38.5 Å². The fourth-order valence-corrected chi connectivity index (χ4v) is 2.76. The molecule has 0 aliphatic carbocycles. The highest BCUT2D eigenvalue weighted by atomic mass is 16.5. The summed E-state index contributed by atoms with van der Waals surface area (Å²) in [5.41, 5.74) is 8.32. The summed E-state index contributed by atoms with van der Waals surface area (Å²) < 4.78 is 5.73. The highest BCUT2D eigenvalue weighted by molar-refractivity contribution is 5.62. The lowest BCUT2D eigenvalue weighted by atomic mass is 9.80. The van der Waals surface area contributed by atoms with Gasteiger partial charge in [0, 0.05) is 24.8 Å². The Bertz CT molecular complexity index is 451. The molecule has 1 aliphatic rings. The number of hydrogen-bond acceptors (Lipinski definition) is 3. The minimum atomic E-state index is 0.379. The number of nitrogen functional groups attached to an aromatic ring is 1. The lowest BCUT2D eigenvalue weighted by molar-refractivity contribution is 0.263. The summed E-state index contributed by atoms with van der Waals surface area (Å²) in [5.74, 6) is 1.57. The minimum Gasteiger partial charge on any atom is -0.491 e. The van der Waals surface area contributed by atoms with E-state index in [1.165, 1.54) is 12.1 Å². The molecule has 1 fully saturated rings. The maximum absolute atomic E-state index is 5.98. The number of benzene rings is 1. The van der Waals surface area contributed by atoms with Gasteiger partial charge in [-0.2, -0.15) is 0 Å². The van der Waals surface area contributed by atoms with Gasteiger partial charge in [0.25, 0.3) is 0 Å². The maximum atomic E-state index is 5.98. The maximum Gasteiger partial charge on any atom is 0.144 e. The fourth-order valence-electron chi connectivity index (χ4n) is 2.76. The summed E-state index contributed by atoms with van der Waals surface area (Å²) in [5, 5.41) is 0. The van der Waals surface area contributed by atoms with Gasteiger partial charge in [-0.15, -0.1) is 0 Å². The Kier molecular flexibility index (Phi) is 4.46. The quantitative estimate of drug-likeness (QED) is 0.847. The van der Waals surface area contributed by atoms with Crippen molar-refractivity contribution in [1.29, 1.82) is 0 Å². The van der Waals surface area contributed by atoms with Gasteiger partial charge in [-0.1, -0.05) is 27.7 Å². The number of ether oxygens (including phenoxy) is 1.